The highest BCUT2D eigenvalue weighted by molar-refractivity contribution is 8.16. The fourth-order valence-corrected chi connectivity index (χ4v) is 3.25. The molecule has 2 aromatic carbocycles. The van der Waals surface area contributed by atoms with Crippen molar-refractivity contribution in [3.8, 4) is 0 Å². The van der Waals surface area contributed by atoms with Crippen LogP contribution in [0.3, 0.4) is 0 Å². The Bertz CT molecular complexity index is 728. The summed E-state index contributed by atoms with van der Waals surface area (Å²) in [4.78, 5) is 11.7. The summed E-state index contributed by atoms with van der Waals surface area (Å²) in [6, 6.07) is 18.0. The molecule has 2 aromatic rings. The first-order chi connectivity index (χ1) is 11.1. The van der Waals surface area contributed by atoms with Gasteiger partial charge < -0.3 is 5.32 Å². The monoisotopic (exact) mass is 325 g/mol. The minimum absolute atomic E-state index is 0.0720. The number of carbonyl (C=O) groups excluding carboxylic acids is 1. The summed E-state index contributed by atoms with van der Waals surface area (Å²) in [6.45, 7) is 4.41. The zero-order valence-corrected chi connectivity index (χ0v) is 14.0. The zero-order valence-electron chi connectivity index (χ0n) is 13.2. The van der Waals surface area contributed by atoms with Crippen LogP contribution in [0.25, 0.3) is 0 Å². The molecule has 1 heterocycles. The van der Waals surface area contributed by atoms with Gasteiger partial charge in [0.25, 0.3) is 5.91 Å². The first kappa shape index (κ1) is 15.6. The molecule has 0 aromatic heterocycles. The highest BCUT2D eigenvalue weighted by atomic mass is 32.2. The van der Waals surface area contributed by atoms with Gasteiger partial charge in [0.05, 0.1) is 0 Å². The van der Waals surface area contributed by atoms with E-state index < -0.39 is 4.87 Å². The Hall–Kier alpha value is -2.27. The average Bonchev–Trinajstić information content (AvgIpc) is 2.98. The van der Waals surface area contributed by atoms with E-state index in [-0.39, 0.29) is 5.91 Å². The van der Waals surface area contributed by atoms with Crippen LogP contribution >= 0.6 is 11.8 Å². The quantitative estimate of drug-likeness (QED) is 0.908. The third-order valence-corrected chi connectivity index (χ3v) is 4.90. The van der Waals surface area contributed by atoms with Crippen LogP contribution in [0, 0.1) is 6.92 Å². The minimum atomic E-state index is -0.783. The number of benzene rings is 2. The van der Waals surface area contributed by atoms with E-state index >= 15 is 0 Å². The van der Waals surface area contributed by atoms with Gasteiger partial charge in [-0.05, 0) is 19.4 Å². The van der Waals surface area contributed by atoms with Crippen LogP contribution in [0.15, 0.2) is 59.7 Å². The van der Waals surface area contributed by atoms with Crippen molar-refractivity contribution >= 4 is 22.7 Å². The molecular formula is C18H19N3OS. The van der Waals surface area contributed by atoms with Crippen molar-refractivity contribution in [3.63, 3.8) is 0 Å². The highest BCUT2D eigenvalue weighted by Gasteiger charge is 2.39. The fourth-order valence-electron chi connectivity index (χ4n) is 2.26. The van der Waals surface area contributed by atoms with Gasteiger partial charge in [0.2, 0.25) is 0 Å². The Morgan fingerprint density at radius 1 is 1.17 bits per heavy atom. The molecule has 5 heteroatoms. The van der Waals surface area contributed by atoms with Gasteiger partial charge in [-0.1, -0.05) is 71.9 Å². The van der Waals surface area contributed by atoms with E-state index in [1.54, 1.807) is 0 Å². The summed E-state index contributed by atoms with van der Waals surface area (Å²) in [6.07, 6.45) is 0. The van der Waals surface area contributed by atoms with Gasteiger partial charge in [0, 0.05) is 12.1 Å². The van der Waals surface area contributed by atoms with Gasteiger partial charge in [0.1, 0.15) is 5.04 Å². The molecule has 3 rings (SSSR count). The number of rotatable bonds is 4. The van der Waals surface area contributed by atoms with Gasteiger partial charge in [-0.15, -0.1) is 0 Å². The summed E-state index contributed by atoms with van der Waals surface area (Å²) in [5.74, 6) is -0.0720. The normalized spacial score (nSPS) is 19.8. The molecule has 1 atom stereocenters. The van der Waals surface area contributed by atoms with Crippen LogP contribution in [0.2, 0.25) is 0 Å². The van der Waals surface area contributed by atoms with E-state index in [9.17, 15) is 4.79 Å². The number of nitrogens with zero attached hydrogens (tertiary/aromatic N) is 1. The Labute approximate surface area is 140 Å². The number of hydrazone groups is 1. The maximum Gasteiger partial charge on any atom is 0.258 e. The Kier molecular flexibility index (Phi) is 4.39. The smallest absolute Gasteiger partial charge is 0.258 e. The lowest BCUT2D eigenvalue weighted by molar-refractivity contribution is -0.123. The molecule has 1 amide bonds. The SMILES string of the molecule is Cc1ccc(C2=NNC(C)(C(=O)NCc3ccccc3)S2)cc1. The molecule has 0 saturated heterocycles. The standard InChI is InChI=1S/C18H19N3OS/c1-13-8-10-15(11-9-13)16-20-21-18(2,23-16)17(22)19-12-14-6-4-3-5-7-14/h3-11,21H,12H2,1-2H3,(H,19,22). The summed E-state index contributed by atoms with van der Waals surface area (Å²) in [7, 11) is 0. The van der Waals surface area contributed by atoms with E-state index in [1.807, 2.05) is 68.4 Å². The topological polar surface area (TPSA) is 53.5 Å². The second-order valence-electron chi connectivity index (χ2n) is 5.70. The lowest BCUT2D eigenvalue weighted by Crippen LogP contribution is -2.48. The Balaban J connectivity index is 1.62. The number of carbonyl (C=O) groups is 1. The first-order valence-electron chi connectivity index (χ1n) is 7.50. The predicted octanol–water partition coefficient (Wildman–Crippen LogP) is 3.03. The number of nitrogens with one attached hydrogen (secondary N) is 2. The van der Waals surface area contributed by atoms with Crippen molar-refractivity contribution in [2.75, 3.05) is 0 Å². The second kappa shape index (κ2) is 6.46. The van der Waals surface area contributed by atoms with E-state index in [2.05, 4.69) is 15.8 Å². The molecule has 118 valence electrons. The van der Waals surface area contributed by atoms with Crippen LogP contribution in [0.4, 0.5) is 0 Å². The van der Waals surface area contributed by atoms with Gasteiger partial charge in [-0.25, -0.2) is 0 Å². The maximum absolute atomic E-state index is 12.5. The molecule has 0 radical (unpaired) electrons. The lowest BCUT2D eigenvalue weighted by atomic mass is 10.2. The zero-order chi connectivity index (χ0) is 16.3. The van der Waals surface area contributed by atoms with E-state index in [0.717, 1.165) is 16.2 Å². The van der Waals surface area contributed by atoms with Gasteiger partial charge in [-0.2, -0.15) is 5.10 Å². The minimum Gasteiger partial charge on any atom is -0.349 e. The molecule has 0 spiro atoms. The molecule has 23 heavy (non-hydrogen) atoms. The number of hydrogen-bond acceptors (Lipinski definition) is 4. The van der Waals surface area contributed by atoms with Crippen molar-refractivity contribution in [2.45, 2.75) is 25.3 Å². The van der Waals surface area contributed by atoms with Crippen LogP contribution in [-0.4, -0.2) is 15.8 Å². The molecule has 0 bridgehead atoms. The molecule has 1 unspecified atom stereocenters. The molecule has 0 fully saturated rings. The van der Waals surface area contributed by atoms with Gasteiger partial charge >= 0.3 is 0 Å². The van der Waals surface area contributed by atoms with E-state index in [0.29, 0.717) is 6.54 Å². The average molecular weight is 325 g/mol. The maximum atomic E-state index is 12.5. The fraction of sp³-hybridized carbons (Fsp3) is 0.222. The van der Waals surface area contributed by atoms with Crippen LogP contribution < -0.4 is 10.7 Å². The molecule has 4 nitrogen and oxygen atoms in total. The molecule has 2 N–H and O–H groups in total. The third kappa shape index (κ3) is 3.56. The number of amides is 1. The molecule has 1 aliphatic rings. The Morgan fingerprint density at radius 3 is 2.57 bits per heavy atom. The number of hydrogen-bond donors (Lipinski definition) is 2. The summed E-state index contributed by atoms with van der Waals surface area (Å²) in [5, 5.41) is 8.14. The van der Waals surface area contributed by atoms with Gasteiger partial charge in [-0.3, -0.25) is 10.2 Å². The van der Waals surface area contributed by atoms with Crippen LogP contribution in [0.1, 0.15) is 23.6 Å². The highest BCUT2D eigenvalue weighted by Crippen LogP contribution is 2.32. The van der Waals surface area contributed by atoms with Crippen molar-refractivity contribution in [2.24, 2.45) is 5.10 Å². The Morgan fingerprint density at radius 2 is 1.87 bits per heavy atom. The second-order valence-corrected chi connectivity index (χ2v) is 7.11. The van der Waals surface area contributed by atoms with E-state index in [4.69, 9.17) is 0 Å². The molecule has 0 aliphatic carbocycles. The largest absolute Gasteiger partial charge is 0.349 e. The number of thioether (sulfide) groups is 1. The summed E-state index contributed by atoms with van der Waals surface area (Å²) < 4.78 is 0. The summed E-state index contributed by atoms with van der Waals surface area (Å²) in [5.41, 5.74) is 6.27. The van der Waals surface area contributed by atoms with Crippen LogP contribution in [0.5, 0.6) is 0 Å². The number of aryl methyl sites for hydroxylation is 1. The van der Waals surface area contributed by atoms with Crippen molar-refractivity contribution in [1.29, 1.82) is 0 Å². The molecular weight excluding hydrogens is 306 g/mol. The van der Waals surface area contributed by atoms with Crippen molar-refractivity contribution < 1.29 is 4.79 Å². The third-order valence-electron chi connectivity index (χ3n) is 3.70. The lowest BCUT2D eigenvalue weighted by Gasteiger charge is -2.21. The van der Waals surface area contributed by atoms with E-state index in [1.165, 1.54) is 17.3 Å². The van der Waals surface area contributed by atoms with Gasteiger partial charge in [0.15, 0.2) is 4.87 Å². The summed E-state index contributed by atoms with van der Waals surface area (Å²) >= 11 is 1.44. The first-order valence-corrected chi connectivity index (χ1v) is 8.32. The van der Waals surface area contributed by atoms with Crippen molar-refractivity contribution in [1.82, 2.24) is 10.7 Å². The van der Waals surface area contributed by atoms with Crippen molar-refractivity contribution in [3.05, 3.63) is 71.3 Å². The predicted molar refractivity (Wildman–Crippen MR) is 95.1 cm³/mol. The molecule has 1 aliphatic heterocycles. The molecule has 0 saturated carbocycles. The van der Waals surface area contributed by atoms with Crippen LogP contribution in [-0.2, 0) is 11.3 Å².